The molecule has 1 aliphatic heterocycles. The number of pyridine rings is 1. The molecule has 13 heteroatoms. The van der Waals surface area contributed by atoms with E-state index in [9.17, 15) is 37.5 Å². The number of fused-ring (bicyclic) bond motifs is 3. The SMILES string of the molecule is CCOc1cc([C@H]2C3=CC[C@@H]4C(=O)N(N(C)c5nc(C(F)(F)F)ccc5Cl)C(=O)[C@@H]4[C@@H]3CC3=C2C(=O)C(C)=CC3=O)ccc1O. The van der Waals surface area contributed by atoms with Gasteiger partial charge >= 0.3 is 6.18 Å². The van der Waals surface area contributed by atoms with Crippen molar-refractivity contribution in [1.82, 2.24) is 9.99 Å². The highest BCUT2D eigenvalue weighted by atomic mass is 35.5. The summed E-state index contributed by atoms with van der Waals surface area (Å²) >= 11 is 6.19. The molecule has 1 saturated heterocycles. The predicted molar refractivity (Wildman–Crippen MR) is 155 cm³/mol. The Balaban J connectivity index is 1.44. The third-order valence-corrected chi connectivity index (χ3v) is 9.18. The highest BCUT2D eigenvalue weighted by Crippen LogP contribution is 2.56. The molecule has 0 spiro atoms. The zero-order valence-electron chi connectivity index (χ0n) is 24.3. The number of benzene rings is 1. The molecule has 0 bridgehead atoms. The molecule has 3 aliphatic carbocycles. The Hall–Kier alpha value is -4.45. The monoisotopic (exact) mass is 641 g/mol. The first-order valence-corrected chi connectivity index (χ1v) is 14.6. The number of ketones is 2. The third kappa shape index (κ3) is 4.82. The van der Waals surface area contributed by atoms with Gasteiger partial charge in [0, 0.05) is 29.7 Å². The number of imide groups is 1. The summed E-state index contributed by atoms with van der Waals surface area (Å²) in [5.74, 6) is -5.65. The summed E-state index contributed by atoms with van der Waals surface area (Å²) in [6.07, 6.45) is -1.59. The molecule has 4 atom stereocenters. The molecule has 2 heterocycles. The van der Waals surface area contributed by atoms with Gasteiger partial charge in [0.15, 0.2) is 28.9 Å². The number of allylic oxidation sites excluding steroid dienone is 6. The molecule has 234 valence electrons. The number of alkyl halides is 3. The van der Waals surface area contributed by atoms with Gasteiger partial charge in [0.25, 0.3) is 11.8 Å². The molecule has 1 aromatic heterocycles. The molecule has 0 unspecified atom stereocenters. The number of amides is 2. The Morgan fingerprint density at radius 2 is 1.84 bits per heavy atom. The fourth-order valence-electron chi connectivity index (χ4n) is 6.91. The van der Waals surface area contributed by atoms with E-state index in [0.29, 0.717) is 17.2 Å². The van der Waals surface area contributed by atoms with Crippen molar-refractivity contribution in [2.45, 2.75) is 38.8 Å². The molecule has 2 aromatic rings. The average Bonchev–Trinajstić information content (AvgIpc) is 3.25. The van der Waals surface area contributed by atoms with Gasteiger partial charge in [0.2, 0.25) is 0 Å². The van der Waals surface area contributed by atoms with Crippen LogP contribution in [0.25, 0.3) is 0 Å². The van der Waals surface area contributed by atoms with Crippen molar-refractivity contribution >= 4 is 40.8 Å². The van der Waals surface area contributed by atoms with Gasteiger partial charge in [-0.15, -0.1) is 0 Å². The summed E-state index contributed by atoms with van der Waals surface area (Å²) in [4.78, 5) is 58.4. The number of anilines is 1. The maximum absolute atomic E-state index is 14.1. The van der Waals surface area contributed by atoms with Crippen LogP contribution in [-0.4, -0.2) is 52.1 Å². The van der Waals surface area contributed by atoms with Gasteiger partial charge in [0.05, 0.1) is 23.5 Å². The van der Waals surface area contributed by atoms with Crippen LogP contribution in [0.1, 0.15) is 43.9 Å². The number of hydrogen-bond acceptors (Lipinski definition) is 8. The number of phenols is 1. The number of Topliss-reactive ketones (excluding diaryl/α,β-unsaturated/α-hetero) is 1. The van der Waals surface area contributed by atoms with Crippen LogP contribution in [0, 0.1) is 17.8 Å². The van der Waals surface area contributed by atoms with Gasteiger partial charge in [-0.25, -0.2) is 4.98 Å². The van der Waals surface area contributed by atoms with Crippen LogP contribution in [0.5, 0.6) is 11.5 Å². The molecule has 1 N–H and O–H groups in total. The second-order valence-electron chi connectivity index (χ2n) is 11.4. The maximum Gasteiger partial charge on any atom is 0.433 e. The van der Waals surface area contributed by atoms with Gasteiger partial charge in [-0.2, -0.15) is 18.2 Å². The quantitative estimate of drug-likeness (QED) is 0.264. The minimum atomic E-state index is -4.79. The molecule has 2 amide bonds. The van der Waals surface area contributed by atoms with Gasteiger partial charge in [0.1, 0.15) is 5.69 Å². The second kappa shape index (κ2) is 10.9. The average molecular weight is 642 g/mol. The number of carbonyl (C=O) groups excluding carboxylic acids is 4. The van der Waals surface area contributed by atoms with Crippen LogP contribution in [0.15, 0.2) is 64.8 Å². The molecule has 1 aromatic carbocycles. The van der Waals surface area contributed by atoms with Crippen molar-refractivity contribution in [3.8, 4) is 11.5 Å². The van der Waals surface area contributed by atoms with E-state index in [4.69, 9.17) is 16.3 Å². The normalized spacial score (nSPS) is 24.6. The highest BCUT2D eigenvalue weighted by molar-refractivity contribution is 6.33. The lowest BCUT2D eigenvalue weighted by atomic mass is 9.59. The lowest BCUT2D eigenvalue weighted by Gasteiger charge is -2.42. The van der Waals surface area contributed by atoms with Crippen LogP contribution in [0.2, 0.25) is 5.02 Å². The number of hydrogen-bond donors (Lipinski definition) is 1. The van der Waals surface area contributed by atoms with Gasteiger partial charge < -0.3 is 9.84 Å². The molecular weight excluding hydrogens is 615 g/mol. The van der Waals surface area contributed by atoms with Gasteiger partial charge in [-0.3, -0.25) is 24.2 Å². The summed E-state index contributed by atoms with van der Waals surface area (Å²) in [6.45, 7) is 3.56. The molecule has 6 rings (SSSR count). The number of hydrazine groups is 1. The Morgan fingerprint density at radius 3 is 2.53 bits per heavy atom. The van der Waals surface area contributed by atoms with E-state index >= 15 is 0 Å². The Kier molecular flexibility index (Phi) is 7.38. The van der Waals surface area contributed by atoms with E-state index in [1.807, 2.05) is 6.08 Å². The van der Waals surface area contributed by atoms with E-state index in [0.717, 1.165) is 16.1 Å². The van der Waals surface area contributed by atoms with Crippen molar-refractivity contribution in [1.29, 1.82) is 0 Å². The third-order valence-electron chi connectivity index (χ3n) is 8.88. The van der Waals surface area contributed by atoms with Crippen LogP contribution in [0.4, 0.5) is 19.0 Å². The van der Waals surface area contributed by atoms with E-state index in [2.05, 4.69) is 4.98 Å². The zero-order chi connectivity index (χ0) is 32.5. The first-order valence-electron chi connectivity index (χ1n) is 14.3. The largest absolute Gasteiger partial charge is 0.504 e. The molecule has 4 aliphatic rings. The number of nitrogens with zero attached hydrogens (tertiary/aromatic N) is 3. The number of phenolic OH excluding ortho intramolecular Hbond substituents is 1. The number of aromatic nitrogens is 1. The van der Waals surface area contributed by atoms with Crippen LogP contribution < -0.4 is 9.75 Å². The molecular formula is C32H27ClF3N3O6. The molecule has 9 nitrogen and oxygen atoms in total. The number of carbonyl (C=O) groups is 4. The van der Waals surface area contributed by atoms with Crippen molar-refractivity contribution < 1.29 is 42.2 Å². The molecule has 0 radical (unpaired) electrons. The molecule has 0 saturated carbocycles. The molecule has 1 fully saturated rings. The topological polar surface area (TPSA) is 117 Å². The second-order valence-corrected chi connectivity index (χ2v) is 11.8. The van der Waals surface area contributed by atoms with E-state index < -0.39 is 53.2 Å². The Bertz CT molecular complexity index is 1780. The lowest BCUT2D eigenvalue weighted by molar-refractivity contribution is -0.141. The number of halogens is 4. The van der Waals surface area contributed by atoms with E-state index in [1.165, 1.54) is 19.2 Å². The smallest absolute Gasteiger partial charge is 0.433 e. The van der Waals surface area contributed by atoms with Crippen LogP contribution >= 0.6 is 11.6 Å². The number of rotatable bonds is 5. The van der Waals surface area contributed by atoms with Crippen molar-refractivity contribution in [3.63, 3.8) is 0 Å². The lowest BCUT2D eigenvalue weighted by Crippen LogP contribution is -2.46. The summed E-state index contributed by atoms with van der Waals surface area (Å²) in [5.41, 5.74) is 0.761. The summed E-state index contributed by atoms with van der Waals surface area (Å²) < 4.78 is 45.9. The summed E-state index contributed by atoms with van der Waals surface area (Å²) in [7, 11) is 1.24. The number of aromatic hydroxyl groups is 1. The summed E-state index contributed by atoms with van der Waals surface area (Å²) in [5, 5.41) is 11.9. The van der Waals surface area contributed by atoms with Crippen LogP contribution in [0.3, 0.4) is 0 Å². The maximum atomic E-state index is 14.1. The van der Waals surface area contributed by atoms with Gasteiger partial charge in [-0.1, -0.05) is 29.3 Å². The highest BCUT2D eigenvalue weighted by Gasteiger charge is 2.57. The minimum absolute atomic E-state index is 0.0166. The standard InChI is InChI=1S/C32H27ClF3N3O6/c1-4-45-23-12-15(5-9-21(23)40)25-16-6-7-17-26(18(16)13-19-22(41)11-14(2)28(42)27(19)25)31(44)39(30(17)43)38(3)29-20(33)8-10-24(37-29)32(34,35)36/h5-6,8-12,17-18,25-26,40H,4,7,13H2,1-3H3/t17-,18+,25-,26-/m0/s1. The fraction of sp³-hybridized carbons (Fsp3) is 0.344. The predicted octanol–water partition coefficient (Wildman–Crippen LogP) is 5.34. The van der Waals surface area contributed by atoms with E-state index in [1.54, 1.807) is 26.0 Å². The van der Waals surface area contributed by atoms with Crippen molar-refractivity contribution in [2.24, 2.45) is 17.8 Å². The minimum Gasteiger partial charge on any atom is -0.504 e. The van der Waals surface area contributed by atoms with E-state index in [-0.39, 0.29) is 64.3 Å². The Labute approximate surface area is 260 Å². The first-order chi connectivity index (χ1) is 21.2. The van der Waals surface area contributed by atoms with Crippen molar-refractivity contribution in [2.75, 3.05) is 18.7 Å². The first kappa shape index (κ1) is 30.6. The van der Waals surface area contributed by atoms with Gasteiger partial charge in [-0.05, 0) is 68.5 Å². The fourth-order valence-corrected chi connectivity index (χ4v) is 7.14. The Morgan fingerprint density at radius 1 is 1.11 bits per heavy atom. The zero-order valence-corrected chi connectivity index (χ0v) is 25.1. The van der Waals surface area contributed by atoms with Crippen molar-refractivity contribution in [3.05, 3.63) is 81.1 Å². The van der Waals surface area contributed by atoms with Crippen LogP contribution in [-0.2, 0) is 25.4 Å². The molecule has 45 heavy (non-hydrogen) atoms. The summed E-state index contributed by atoms with van der Waals surface area (Å²) in [6, 6.07) is 6.35. The number of ether oxygens (including phenoxy) is 1.